The number of rotatable bonds is 11. The molecule has 2 aromatic heterocycles. The van der Waals surface area contributed by atoms with Crippen LogP contribution in [0.2, 0.25) is 0 Å². The van der Waals surface area contributed by atoms with Gasteiger partial charge in [0, 0.05) is 30.8 Å². The first-order valence-corrected chi connectivity index (χ1v) is 13.3. The molecule has 1 atom stereocenters. The molecule has 0 aliphatic rings. The second-order valence-electron chi connectivity index (χ2n) is 10.1. The van der Waals surface area contributed by atoms with Gasteiger partial charge in [-0.2, -0.15) is 0 Å². The van der Waals surface area contributed by atoms with E-state index in [-0.39, 0.29) is 23.4 Å². The number of nitrogens with zero attached hydrogens (tertiary/aromatic N) is 4. The standard InChI is InChI=1S/C31H37N5O2/c1-22(2)27(35(20-8-18-32)30(37)25-14-12-23(3)13-15-25)16-17-28-34-29-26(11-7-19-33-29)31(38)36(28)21-24-9-5-4-6-10-24/h4-7,9-15,19,22,27H,8,16-18,20-21,32H2,1-3H3. The number of amides is 1. The number of nitrogens with two attached hydrogens (primary N) is 1. The molecule has 0 radical (unpaired) electrons. The molecule has 0 spiro atoms. The van der Waals surface area contributed by atoms with Crippen LogP contribution in [0.4, 0.5) is 0 Å². The zero-order chi connectivity index (χ0) is 27.1. The number of fused-ring (bicyclic) bond motifs is 1. The zero-order valence-electron chi connectivity index (χ0n) is 22.5. The van der Waals surface area contributed by atoms with E-state index in [1.165, 1.54) is 0 Å². The van der Waals surface area contributed by atoms with E-state index in [2.05, 4.69) is 18.8 Å². The lowest BCUT2D eigenvalue weighted by Gasteiger charge is -2.35. The summed E-state index contributed by atoms with van der Waals surface area (Å²) < 4.78 is 1.75. The van der Waals surface area contributed by atoms with Crippen molar-refractivity contribution in [3.8, 4) is 0 Å². The van der Waals surface area contributed by atoms with Gasteiger partial charge in [0.1, 0.15) is 5.82 Å². The van der Waals surface area contributed by atoms with Crippen molar-refractivity contribution in [2.75, 3.05) is 13.1 Å². The lowest BCUT2D eigenvalue weighted by molar-refractivity contribution is 0.0610. The van der Waals surface area contributed by atoms with E-state index in [1.54, 1.807) is 22.9 Å². The van der Waals surface area contributed by atoms with Gasteiger partial charge in [-0.1, -0.05) is 61.9 Å². The Bertz CT molecular complexity index is 1410. The predicted molar refractivity (Wildman–Crippen MR) is 152 cm³/mol. The molecular weight excluding hydrogens is 474 g/mol. The van der Waals surface area contributed by atoms with Crippen molar-refractivity contribution >= 4 is 16.9 Å². The molecular formula is C31H37N5O2. The average Bonchev–Trinajstić information content (AvgIpc) is 2.93. The quantitative estimate of drug-likeness (QED) is 0.318. The minimum Gasteiger partial charge on any atom is -0.335 e. The van der Waals surface area contributed by atoms with E-state index < -0.39 is 0 Å². The van der Waals surface area contributed by atoms with E-state index in [0.717, 1.165) is 17.5 Å². The highest BCUT2D eigenvalue weighted by atomic mass is 16.2. The first-order valence-electron chi connectivity index (χ1n) is 13.3. The van der Waals surface area contributed by atoms with Crippen molar-refractivity contribution in [2.24, 2.45) is 11.7 Å². The number of hydrogen-bond acceptors (Lipinski definition) is 5. The van der Waals surface area contributed by atoms with Gasteiger partial charge >= 0.3 is 0 Å². The maximum atomic E-state index is 13.7. The number of benzene rings is 2. The zero-order valence-corrected chi connectivity index (χ0v) is 22.5. The molecule has 4 rings (SSSR count). The Morgan fingerprint density at radius 1 is 1.03 bits per heavy atom. The van der Waals surface area contributed by atoms with Gasteiger partial charge in [-0.15, -0.1) is 0 Å². The highest BCUT2D eigenvalue weighted by molar-refractivity contribution is 5.94. The SMILES string of the molecule is Cc1ccc(C(=O)N(CCCN)C(CCc2nc3ncccc3c(=O)n2Cc2ccccc2)C(C)C)cc1. The summed E-state index contributed by atoms with van der Waals surface area (Å²) in [5.74, 6) is 0.888. The van der Waals surface area contributed by atoms with Gasteiger partial charge in [0.15, 0.2) is 5.65 Å². The highest BCUT2D eigenvalue weighted by Gasteiger charge is 2.27. The summed E-state index contributed by atoms with van der Waals surface area (Å²) in [5, 5.41) is 0.506. The maximum absolute atomic E-state index is 13.7. The van der Waals surface area contributed by atoms with E-state index in [0.29, 0.717) is 54.9 Å². The Morgan fingerprint density at radius 2 is 1.76 bits per heavy atom. The minimum absolute atomic E-state index is 0.00645. The van der Waals surface area contributed by atoms with Gasteiger partial charge in [0.05, 0.1) is 11.9 Å². The average molecular weight is 512 g/mol. The fraction of sp³-hybridized carbons (Fsp3) is 0.355. The van der Waals surface area contributed by atoms with Crippen LogP contribution in [0.3, 0.4) is 0 Å². The van der Waals surface area contributed by atoms with Crippen molar-refractivity contribution in [2.45, 2.75) is 52.6 Å². The van der Waals surface area contributed by atoms with Gasteiger partial charge in [-0.3, -0.25) is 14.2 Å². The third kappa shape index (κ3) is 6.34. The van der Waals surface area contributed by atoms with Crippen LogP contribution in [0.5, 0.6) is 0 Å². The van der Waals surface area contributed by atoms with Crippen molar-refractivity contribution in [3.63, 3.8) is 0 Å². The number of aromatic nitrogens is 3. The van der Waals surface area contributed by atoms with Crippen LogP contribution >= 0.6 is 0 Å². The Kier molecular flexibility index (Phi) is 9.02. The summed E-state index contributed by atoms with van der Waals surface area (Å²) in [5.41, 5.74) is 9.02. The van der Waals surface area contributed by atoms with Gasteiger partial charge in [0.25, 0.3) is 11.5 Å². The Hall–Kier alpha value is -3.84. The van der Waals surface area contributed by atoms with Crippen LogP contribution in [0.15, 0.2) is 77.7 Å². The van der Waals surface area contributed by atoms with Crippen molar-refractivity contribution in [3.05, 3.63) is 106 Å². The largest absolute Gasteiger partial charge is 0.335 e. The van der Waals surface area contributed by atoms with Crippen molar-refractivity contribution in [1.82, 2.24) is 19.4 Å². The molecule has 1 unspecified atom stereocenters. The molecule has 1 amide bonds. The normalized spacial score (nSPS) is 12.1. The lowest BCUT2D eigenvalue weighted by atomic mass is 9.95. The first kappa shape index (κ1) is 27.2. The molecule has 0 bridgehead atoms. The summed E-state index contributed by atoms with van der Waals surface area (Å²) in [4.78, 5) is 38.3. The molecule has 0 aliphatic heterocycles. The summed E-state index contributed by atoms with van der Waals surface area (Å²) in [6.07, 6.45) is 3.58. The van der Waals surface area contributed by atoms with Gasteiger partial charge in [-0.05, 0) is 62.1 Å². The Labute approximate surface area is 224 Å². The Balaban J connectivity index is 1.67. The van der Waals surface area contributed by atoms with E-state index in [1.807, 2.05) is 66.4 Å². The van der Waals surface area contributed by atoms with Crippen LogP contribution in [0.25, 0.3) is 11.0 Å². The number of aryl methyl sites for hydroxylation is 2. The van der Waals surface area contributed by atoms with E-state index in [9.17, 15) is 9.59 Å². The van der Waals surface area contributed by atoms with Gasteiger partial charge < -0.3 is 10.6 Å². The maximum Gasteiger partial charge on any atom is 0.263 e. The molecule has 2 heterocycles. The summed E-state index contributed by atoms with van der Waals surface area (Å²) in [6.45, 7) is 7.80. The summed E-state index contributed by atoms with van der Waals surface area (Å²) in [6, 6.07) is 21.1. The second-order valence-corrected chi connectivity index (χ2v) is 10.1. The molecule has 2 N–H and O–H groups in total. The van der Waals surface area contributed by atoms with Crippen LogP contribution in [-0.2, 0) is 13.0 Å². The summed E-state index contributed by atoms with van der Waals surface area (Å²) in [7, 11) is 0. The molecule has 198 valence electrons. The minimum atomic E-state index is -0.0984. The molecule has 0 saturated carbocycles. The molecule has 0 fully saturated rings. The van der Waals surface area contributed by atoms with Crippen LogP contribution in [-0.4, -0.2) is 44.5 Å². The van der Waals surface area contributed by atoms with Crippen molar-refractivity contribution in [1.29, 1.82) is 0 Å². The highest BCUT2D eigenvalue weighted by Crippen LogP contribution is 2.21. The number of carbonyl (C=O) groups is 1. The van der Waals surface area contributed by atoms with E-state index in [4.69, 9.17) is 10.7 Å². The molecule has 7 nitrogen and oxygen atoms in total. The lowest BCUT2D eigenvalue weighted by Crippen LogP contribution is -2.45. The van der Waals surface area contributed by atoms with Crippen molar-refractivity contribution < 1.29 is 4.79 Å². The molecule has 0 aliphatic carbocycles. The fourth-order valence-electron chi connectivity index (χ4n) is 4.89. The van der Waals surface area contributed by atoms with Gasteiger partial charge in [-0.25, -0.2) is 9.97 Å². The monoisotopic (exact) mass is 511 g/mol. The number of pyridine rings is 1. The number of carbonyl (C=O) groups excluding carboxylic acids is 1. The molecule has 38 heavy (non-hydrogen) atoms. The third-order valence-corrected chi connectivity index (χ3v) is 6.99. The smallest absolute Gasteiger partial charge is 0.263 e. The fourth-order valence-corrected chi connectivity index (χ4v) is 4.89. The Morgan fingerprint density at radius 3 is 2.45 bits per heavy atom. The number of hydrogen-bond donors (Lipinski definition) is 1. The van der Waals surface area contributed by atoms with Crippen LogP contribution < -0.4 is 11.3 Å². The van der Waals surface area contributed by atoms with E-state index >= 15 is 0 Å². The molecule has 4 aromatic rings. The van der Waals surface area contributed by atoms with Gasteiger partial charge in [0.2, 0.25) is 0 Å². The molecule has 7 heteroatoms. The topological polar surface area (TPSA) is 94.1 Å². The molecule has 2 aromatic carbocycles. The predicted octanol–water partition coefficient (Wildman–Crippen LogP) is 4.60. The third-order valence-electron chi connectivity index (χ3n) is 6.99. The summed E-state index contributed by atoms with van der Waals surface area (Å²) >= 11 is 0. The van der Waals surface area contributed by atoms with Crippen LogP contribution in [0.1, 0.15) is 54.0 Å². The molecule has 0 saturated heterocycles. The first-order chi connectivity index (χ1) is 18.4. The second kappa shape index (κ2) is 12.6. The van der Waals surface area contributed by atoms with Crippen LogP contribution in [0, 0.1) is 12.8 Å².